The molecule has 1 atom stereocenters. The number of nitrogens with one attached hydrogen (secondary N) is 1. The third-order valence-corrected chi connectivity index (χ3v) is 2.91. The van der Waals surface area contributed by atoms with Crippen molar-refractivity contribution in [3.63, 3.8) is 0 Å². The van der Waals surface area contributed by atoms with Crippen LogP contribution in [-0.4, -0.2) is 18.6 Å². The summed E-state index contributed by atoms with van der Waals surface area (Å²) in [5, 5.41) is 3.39. The van der Waals surface area contributed by atoms with Gasteiger partial charge in [0.15, 0.2) is 6.10 Å². The van der Waals surface area contributed by atoms with Crippen molar-refractivity contribution in [2.24, 2.45) is 0 Å². The summed E-state index contributed by atoms with van der Waals surface area (Å²) >= 11 is 6.00. The Bertz CT molecular complexity index is 382. The van der Waals surface area contributed by atoms with E-state index in [-0.39, 0.29) is 5.91 Å². The first-order valence-corrected chi connectivity index (χ1v) is 6.75. The Morgan fingerprint density at radius 3 is 2.72 bits per heavy atom. The Morgan fingerprint density at radius 1 is 1.39 bits per heavy atom. The highest BCUT2D eigenvalue weighted by atomic mass is 35.5. The van der Waals surface area contributed by atoms with Gasteiger partial charge in [-0.3, -0.25) is 4.79 Å². The molecule has 0 aromatic heterocycles. The molecule has 0 aliphatic carbocycles. The Labute approximate surface area is 113 Å². The predicted octanol–water partition coefficient (Wildman–Crippen LogP) is 3.41. The zero-order valence-corrected chi connectivity index (χ0v) is 11.7. The minimum atomic E-state index is -0.484. The van der Waals surface area contributed by atoms with Crippen molar-refractivity contribution >= 4 is 17.5 Å². The minimum Gasteiger partial charge on any atom is -0.479 e. The number of ether oxygens (including phenoxy) is 1. The SMILES string of the molecule is CCCCNC(=O)[C@H](CC)Oc1ccccc1Cl. The number of halogens is 1. The zero-order valence-electron chi connectivity index (χ0n) is 10.9. The van der Waals surface area contributed by atoms with Crippen molar-refractivity contribution in [2.45, 2.75) is 39.2 Å². The number of amides is 1. The summed E-state index contributed by atoms with van der Waals surface area (Å²) in [6.45, 7) is 4.70. The van der Waals surface area contributed by atoms with Crippen LogP contribution in [0.4, 0.5) is 0 Å². The number of carbonyl (C=O) groups is 1. The van der Waals surface area contributed by atoms with Crippen LogP contribution in [0.3, 0.4) is 0 Å². The zero-order chi connectivity index (χ0) is 13.4. The van der Waals surface area contributed by atoms with Crippen LogP contribution in [0.2, 0.25) is 5.02 Å². The first kappa shape index (κ1) is 14.8. The van der Waals surface area contributed by atoms with E-state index in [2.05, 4.69) is 12.2 Å². The van der Waals surface area contributed by atoms with Crippen LogP contribution in [0.5, 0.6) is 5.75 Å². The lowest BCUT2D eigenvalue weighted by Crippen LogP contribution is -2.38. The van der Waals surface area contributed by atoms with E-state index >= 15 is 0 Å². The second-order valence-corrected chi connectivity index (χ2v) is 4.50. The second-order valence-electron chi connectivity index (χ2n) is 4.09. The standard InChI is InChI=1S/C14H20ClNO2/c1-3-5-10-16-14(17)12(4-2)18-13-9-7-6-8-11(13)15/h6-9,12H,3-5,10H2,1-2H3,(H,16,17)/t12-/m0/s1. The molecule has 1 N–H and O–H groups in total. The smallest absolute Gasteiger partial charge is 0.261 e. The van der Waals surface area contributed by atoms with Crippen LogP contribution in [0.25, 0.3) is 0 Å². The third kappa shape index (κ3) is 4.57. The van der Waals surface area contributed by atoms with Gasteiger partial charge in [-0.1, -0.05) is 44.0 Å². The summed E-state index contributed by atoms with van der Waals surface area (Å²) < 4.78 is 5.64. The molecule has 3 nitrogen and oxygen atoms in total. The molecule has 0 radical (unpaired) electrons. The molecule has 1 amide bonds. The molecule has 18 heavy (non-hydrogen) atoms. The average Bonchev–Trinajstić information content (AvgIpc) is 2.38. The van der Waals surface area contributed by atoms with Crippen LogP contribution in [-0.2, 0) is 4.79 Å². The van der Waals surface area contributed by atoms with E-state index in [0.717, 1.165) is 12.8 Å². The highest BCUT2D eigenvalue weighted by Crippen LogP contribution is 2.24. The number of unbranched alkanes of at least 4 members (excludes halogenated alkanes) is 1. The van der Waals surface area contributed by atoms with Gasteiger partial charge >= 0.3 is 0 Å². The maximum absolute atomic E-state index is 11.9. The molecule has 0 aliphatic rings. The van der Waals surface area contributed by atoms with Gasteiger partial charge in [0.25, 0.3) is 5.91 Å². The van der Waals surface area contributed by atoms with Crippen molar-refractivity contribution < 1.29 is 9.53 Å². The molecular formula is C14H20ClNO2. The molecule has 0 saturated heterocycles. The average molecular weight is 270 g/mol. The molecule has 0 heterocycles. The maximum Gasteiger partial charge on any atom is 0.261 e. The van der Waals surface area contributed by atoms with Crippen molar-refractivity contribution in [1.29, 1.82) is 0 Å². The summed E-state index contributed by atoms with van der Waals surface area (Å²) in [6, 6.07) is 7.18. The van der Waals surface area contributed by atoms with Gasteiger partial charge < -0.3 is 10.1 Å². The van der Waals surface area contributed by atoms with Gasteiger partial charge in [0.1, 0.15) is 5.75 Å². The molecule has 0 fully saturated rings. The lowest BCUT2D eigenvalue weighted by Gasteiger charge is -2.17. The molecule has 0 spiro atoms. The van der Waals surface area contributed by atoms with E-state index in [9.17, 15) is 4.79 Å². The van der Waals surface area contributed by atoms with Gasteiger partial charge in [0.05, 0.1) is 5.02 Å². The molecule has 100 valence electrons. The second kappa shape index (κ2) is 7.98. The van der Waals surface area contributed by atoms with E-state index < -0.39 is 6.10 Å². The van der Waals surface area contributed by atoms with E-state index in [0.29, 0.717) is 23.7 Å². The summed E-state index contributed by atoms with van der Waals surface area (Å²) in [4.78, 5) is 11.9. The molecule has 4 heteroatoms. The first-order chi connectivity index (χ1) is 8.69. The highest BCUT2D eigenvalue weighted by molar-refractivity contribution is 6.32. The van der Waals surface area contributed by atoms with E-state index in [1.807, 2.05) is 19.1 Å². The van der Waals surface area contributed by atoms with Crippen molar-refractivity contribution in [1.82, 2.24) is 5.32 Å². The fraction of sp³-hybridized carbons (Fsp3) is 0.500. The lowest BCUT2D eigenvalue weighted by atomic mass is 10.2. The lowest BCUT2D eigenvalue weighted by molar-refractivity contribution is -0.128. The van der Waals surface area contributed by atoms with Crippen molar-refractivity contribution in [2.75, 3.05) is 6.54 Å². The Hall–Kier alpha value is -1.22. The van der Waals surface area contributed by atoms with Crippen LogP contribution >= 0.6 is 11.6 Å². The number of benzene rings is 1. The predicted molar refractivity (Wildman–Crippen MR) is 74.1 cm³/mol. The summed E-state index contributed by atoms with van der Waals surface area (Å²) in [6.07, 6.45) is 2.17. The Kier molecular flexibility index (Phi) is 6.58. The van der Waals surface area contributed by atoms with Crippen LogP contribution in [0.1, 0.15) is 33.1 Å². The fourth-order valence-corrected chi connectivity index (χ4v) is 1.70. The molecule has 1 aromatic carbocycles. The molecule has 0 bridgehead atoms. The first-order valence-electron chi connectivity index (χ1n) is 6.37. The van der Waals surface area contributed by atoms with Crippen LogP contribution < -0.4 is 10.1 Å². The number of rotatable bonds is 7. The van der Waals surface area contributed by atoms with Gasteiger partial charge in [-0.15, -0.1) is 0 Å². The Balaban J connectivity index is 2.56. The molecule has 0 unspecified atom stereocenters. The normalized spacial score (nSPS) is 11.9. The van der Waals surface area contributed by atoms with Crippen molar-refractivity contribution in [3.05, 3.63) is 29.3 Å². The molecule has 1 aromatic rings. The number of hydrogen-bond acceptors (Lipinski definition) is 2. The topological polar surface area (TPSA) is 38.3 Å². The van der Waals surface area contributed by atoms with Crippen molar-refractivity contribution in [3.8, 4) is 5.75 Å². The summed E-state index contributed by atoms with van der Waals surface area (Å²) in [5.41, 5.74) is 0. The van der Waals surface area contributed by atoms with Gasteiger partial charge in [-0.25, -0.2) is 0 Å². The molecular weight excluding hydrogens is 250 g/mol. The van der Waals surface area contributed by atoms with Gasteiger partial charge in [0.2, 0.25) is 0 Å². The monoisotopic (exact) mass is 269 g/mol. The highest BCUT2D eigenvalue weighted by Gasteiger charge is 2.18. The summed E-state index contributed by atoms with van der Waals surface area (Å²) in [7, 11) is 0. The maximum atomic E-state index is 11.9. The van der Waals surface area contributed by atoms with Crippen LogP contribution in [0, 0.1) is 0 Å². The molecule has 0 aliphatic heterocycles. The number of para-hydroxylation sites is 1. The Morgan fingerprint density at radius 2 is 2.11 bits per heavy atom. The number of carbonyl (C=O) groups excluding carboxylic acids is 1. The third-order valence-electron chi connectivity index (χ3n) is 2.60. The molecule has 0 saturated carbocycles. The minimum absolute atomic E-state index is 0.0779. The number of hydrogen-bond donors (Lipinski definition) is 1. The van der Waals surface area contributed by atoms with Crippen LogP contribution in [0.15, 0.2) is 24.3 Å². The molecule has 1 rings (SSSR count). The largest absolute Gasteiger partial charge is 0.479 e. The summed E-state index contributed by atoms with van der Waals surface area (Å²) in [5.74, 6) is 0.475. The van der Waals surface area contributed by atoms with E-state index in [4.69, 9.17) is 16.3 Å². The van der Waals surface area contributed by atoms with E-state index in [1.54, 1.807) is 12.1 Å². The van der Waals surface area contributed by atoms with Gasteiger partial charge in [-0.05, 0) is 25.0 Å². The van der Waals surface area contributed by atoms with Gasteiger partial charge in [-0.2, -0.15) is 0 Å². The van der Waals surface area contributed by atoms with E-state index in [1.165, 1.54) is 0 Å². The quantitative estimate of drug-likeness (QED) is 0.771. The fourth-order valence-electron chi connectivity index (χ4n) is 1.52. The van der Waals surface area contributed by atoms with Gasteiger partial charge in [0, 0.05) is 6.54 Å².